The molecule has 0 spiro atoms. The highest BCUT2D eigenvalue weighted by Crippen LogP contribution is 2.30. The monoisotopic (exact) mass is 321 g/mol. The largest absolute Gasteiger partial charge is 0.453 e. The molecule has 5 heteroatoms. The van der Waals surface area contributed by atoms with Crippen molar-refractivity contribution in [3.63, 3.8) is 0 Å². The summed E-state index contributed by atoms with van der Waals surface area (Å²) < 4.78 is 8.46. The maximum Gasteiger partial charge on any atom is 0.165 e. The number of rotatable bonds is 5. The molecule has 100 valence electrons. The molecule has 4 nitrogen and oxygen atoms in total. The molecule has 1 fully saturated rings. The number of ether oxygens (including phenoxy) is 1. The molecule has 1 aliphatic carbocycles. The first-order valence-electron chi connectivity index (χ1n) is 6.39. The van der Waals surface area contributed by atoms with E-state index in [0.29, 0.717) is 0 Å². The molecule has 0 amide bonds. The van der Waals surface area contributed by atoms with Gasteiger partial charge < -0.3 is 10.1 Å². The molecule has 1 aromatic heterocycles. The lowest BCUT2D eigenvalue weighted by atomic mass is 10.2. The van der Waals surface area contributed by atoms with Crippen LogP contribution in [0, 0.1) is 0 Å². The Balaban J connectivity index is 1.67. The average Bonchev–Trinajstić information content (AvgIpc) is 3.13. The van der Waals surface area contributed by atoms with Gasteiger partial charge in [-0.2, -0.15) is 5.10 Å². The topological polar surface area (TPSA) is 39.1 Å². The molecule has 1 saturated carbocycles. The smallest absolute Gasteiger partial charge is 0.165 e. The standard InChI is InChI=1S/C14H16BrN3O/c1-18-9-12(8-17-18)19-14-5-2-10(6-13(14)15)7-16-11-3-4-11/h2,5-6,8-9,11,16H,3-4,7H2,1H3. The van der Waals surface area contributed by atoms with Gasteiger partial charge >= 0.3 is 0 Å². The second-order valence-electron chi connectivity index (χ2n) is 4.87. The normalized spacial score (nSPS) is 14.6. The molecule has 1 aliphatic rings. The molecule has 1 N–H and O–H groups in total. The molecule has 2 aromatic rings. The Kier molecular flexibility index (Phi) is 3.57. The van der Waals surface area contributed by atoms with Crippen molar-refractivity contribution in [3.8, 4) is 11.5 Å². The van der Waals surface area contributed by atoms with Gasteiger partial charge in [0.25, 0.3) is 0 Å². The quantitative estimate of drug-likeness (QED) is 0.919. The van der Waals surface area contributed by atoms with Crippen LogP contribution in [0.3, 0.4) is 0 Å². The van der Waals surface area contributed by atoms with Crippen molar-refractivity contribution >= 4 is 15.9 Å². The highest BCUT2D eigenvalue weighted by atomic mass is 79.9. The number of halogens is 1. The predicted octanol–water partition coefficient (Wildman–Crippen LogP) is 3.23. The summed E-state index contributed by atoms with van der Waals surface area (Å²) in [6.45, 7) is 0.913. The van der Waals surface area contributed by atoms with Crippen molar-refractivity contribution in [1.29, 1.82) is 0 Å². The Morgan fingerprint density at radius 3 is 2.95 bits per heavy atom. The summed E-state index contributed by atoms with van der Waals surface area (Å²) in [7, 11) is 1.87. The van der Waals surface area contributed by atoms with Crippen molar-refractivity contribution in [2.75, 3.05) is 0 Å². The van der Waals surface area contributed by atoms with Gasteiger partial charge in [-0.1, -0.05) is 6.07 Å². The third-order valence-corrected chi connectivity index (χ3v) is 3.70. The van der Waals surface area contributed by atoms with Crippen LogP contribution in [0.1, 0.15) is 18.4 Å². The molecule has 3 rings (SSSR count). The average molecular weight is 322 g/mol. The SMILES string of the molecule is Cn1cc(Oc2ccc(CNC3CC3)cc2Br)cn1. The second-order valence-corrected chi connectivity index (χ2v) is 5.73. The van der Waals surface area contributed by atoms with Crippen molar-refractivity contribution in [3.05, 3.63) is 40.6 Å². The van der Waals surface area contributed by atoms with E-state index < -0.39 is 0 Å². The van der Waals surface area contributed by atoms with E-state index >= 15 is 0 Å². The van der Waals surface area contributed by atoms with Crippen LogP contribution in [0.2, 0.25) is 0 Å². The van der Waals surface area contributed by atoms with Crippen LogP contribution in [0.25, 0.3) is 0 Å². The maximum atomic E-state index is 5.77. The van der Waals surface area contributed by atoms with Crippen LogP contribution < -0.4 is 10.1 Å². The minimum Gasteiger partial charge on any atom is -0.453 e. The second kappa shape index (κ2) is 5.35. The number of benzene rings is 1. The highest BCUT2D eigenvalue weighted by Gasteiger charge is 2.20. The lowest BCUT2D eigenvalue weighted by Gasteiger charge is -2.08. The molecule has 0 bridgehead atoms. The van der Waals surface area contributed by atoms with Gasteiger partial charge in [0.1, 0.15) is 5.75 Å². The third kappa shape index (κ3) is 3.36. The van der Waals surface area contributed by atoms with Crippen LogP contribution in [-0.2, 0) is 13.6 Å². The number of nitrogens with one attached hydrogen (secondary N) is 1. The zero-order valence-corrected chi connectivity index (χ0v) is 12.4. The predicted molar refractivity (Wildman–Crippen MR) is 77.3 cm³/mol. The Morgan fingerprint density at radius 1 is 1.47 bits per heavy atom. The number of aryl methyl sites for hydroxylation is 1. The Bertz CT molecular complexity index is 578. The van der Waals surface area contributed by atoms with Gasteiger partial charge in [0.15, 0.2) is 5.75 Å². The van der Waals surface area contributed by atoms with Crippen molar-refractivity contribution < 1.29 is 4.74 Å². The number of hydrogen-bond donors (Lipinski definition) is 1. The van der Waals surface area contributed by atoms with E-state index in [9.17, 15) is 0 Å². The fraction of sp³-hybridized carbons (Fsp3) is 0.357. The van der Waals surface area contributed by atoms with Gasteiger partial charge in [-0.05, 0) is 46.5 Å². The first-order chi connectivity index (χ1) is 9.20. The lowest BCUT2D eigenvalue weighted by Crippen LogP contribution is -2.15. The number of aromatic nitrogens is 2. The Morgan fingerprint density at radius 2 is 2.32 bits per heavy atom. The number of nitrogens with zero attached hydrogens (tertiary/aromatic N) is 2. The van der Waals surface area contributed by atoms with E-state index in [-0.39, 0.29) is 0 Å². The molecule has 0 saturated heterocycles. The molecule has 1 heterocycles. The van der Waals surface area contributed by atoms with E-state index in [2.05, 4.69) is 38.5 Å². The summed E-state index contributed by atoms with van der Waals surface area (Å²) in [5, 5.41) is 7.58. The zero-order chi connectivity index (χ0) is 13.2. The van der Waals surface area contributed by atoms with E-state index in [1.165, 1.54) is 18.4 Å². The van der Waals surface area contributed by atoms with E-state index in [4.69, 9.17) is 4.74 Å². The minimum absolute atomic E-state index is 0.727. The fourth-order valence-electron chi connectivity index (χ4n) is 1.87. The van der Waals surface area contributed by atoms with Crippen molar-refractivity contribution in [1.82, 2.24) is 15.1 Å². The van der Waals surface area contributed by atoms with Crippen LogP contribution in [-0.4, -0.2) is 15.8 Å². The Hall–Kier alpha value is -1.33. The van der Waals surface area contributed by atoms with Crippen LogP contribution in [0.4, 0.5) is 0 Å². The molecule has 0 aliphatic heterocycles. The molecular weight excluding hydrogens is 306 g/mol. The van der Waals surface area contributed by atoms with Crippen molar-refractivity contribution in [2.45, 2.75) is 25.4 Å². The summed E-state index contributed by atoms with van der Waals surface area (Å²) in [4.78, 5) is 0. The van der Waals surface area contributed by atoms with Gasteiger partial charge in [-0.15, -0.1) is 0 Å². The highest BCUT2D eigenvalue weighted by molar-refractivity contribution is 9.10. The van der Waals surface area contributed by atoms with Gasteiger partial charge in [-0.25, -0.2) is 0 Å². The van der Waals surface area contributed by atoms with Crippen LogP contribution >= 0.6 is 15.9 Å². The fourth-order valence-corrected chi connectivity index (χ4v) is 2.37. The molecule has 19 heavy (non-hydrogen) atoms. The summed E-state index contributed by atoms with van der Waals surface area (Å²) in [5.41, 5.74) is 1.26. The van der Waals surface area contributed by atoms with E-state index in [1.54, 1.807) is 10.9 Å². The summed E-state index contributed by atoms with van der Waals surface area (Å²) in [6, 6.07) is 6.90. The van der Waals surface area contributed by atoms with E-state index in [0.717, 1.165) is 28.6 Å². The van der Waals surface area contributed by atoms with Crippen molar-refractivity contribution in [2.24, 2.45) is 7.05 Å². The zero-order valence-electron chi connectivity index (χ0n) is 10.8. The number of hydrogen-bond acceptors (Lipinski definition) is 3. The summed E-state index contributed by atoms with van der Waals surface area (Å²) in [6.07, 6.45) is 6.16. The Labute approximate surface area is 120 Å². The molecular formula is C14H16BrN3O. The van der Waals surface area contributed by atoms with Gasteiger partial charge in [0.2, 0.25) is 0 Å². The summed E-state index contributed by atoms with van der Waals surface area (Å²) >= 11 is 3.55. The van der Waals surface area contributed by atoms with Crippen LogP contribution in [0.15, 0.2) is 35.1 Å². The first-order valence-corrected chi connectivity index (χ1v) is 7.18. The maximum absolute atomic E-state index is 5.77. The van der Waals surface area contributed by atoms with E-state index in [1.807, 2.05) is 19.3 Å². The third-order valence-electron chi connectivity index (χ3n) is 3.08. The van der Waals surface area contributed by atoms with Gasteiger partial charge in [0, 0.05) is 19.6 Å². The van der Waals surface area contributed by atoms with Gasteiger partial charge in [0.05, 0.1) is 16.9 Å². The van der Waals surface area contributed by atoms with Gasteiger partial charge in [-0.3, -0.25) is 4.68 Å². The minimum atomic E-state index is 0.727. The molecule has 0 unspecified atom stereocenters. The molecule has 1 aromatic carbocycles. The van der Waals surface area contributed by atoms with Crippen LogP contribution in [0.5, 0.6) is 11.5 Å². The first kappa shape index (κ1) is 12.7. The molecule has 0 radical (unpaired) electrons. The lowest BCUT2D eigenvalue weighted by molar-refractivity contribution is 0.478. The molecule has 0 atom stereocenters. The summed E-state index contributed by atoms with van der Waals surface area (Å²) in [5.74, 6) is 1.55.